The van der Waals surface area contributed by atoms with Crippen LogP contribution in [0, 0.1) is 17.5 Å². The molecule has 1 atom stereocenters. The van der Waals surface area contributed by atoms with Gasteiger partial charge < -0.3 is 9.84 Å². The van der Waals surface area contributed by atoms with Crippen LogP contribution in [0.1, 0.15) is 55.4 Å². The van der Waals surface area contributed by atoms with E-state index in [1.54, 1.807) is 48.5 Å². The zero-order chi connectivity index (χ0) is 28.5. The highest BCUT2D eigenvalue weighted by Gasteiger charge is 2.16. The molecule has 5 heteroatoms. The summed E-state index contributed by atoms with van der Waals surface area (Å²) in [7, 11) is 0. The number of hydrogen-bond donors (Lipinski definition) is 1. The molecule has 4 aromatic rings. The molecule has 0 aliphatic heterocycles. The summed E-state index contributed by atoms with van der Waals surface area (Å²) in [5, 5.41) is 10.1. The van der Waals surface area contributed by atoms with Crippen molar-refractivity contribution in [2.45, 2.75) is 51.6 Å². The van der Waals surface area contributed by atoms with Crippen molar-refractivity contribution in [2.75, 3.05) is 6.61 Å². The monoisotopic (exact) mass is 544 g/mol. The van der Waals surface area contributed by atoms with Crippen molar-refractivity contribution in [2.24, 2.45) is 0 Å². The van der Waals surface area contributed by atoms with Gasteiger partial charge in [-0.3, -0.25) is 0 Å². The van der Waals surface area contributed by atoms with Gasteiger partial charge in [0.2, 0.25) is 0 Å². The first-order valence-corrected chi connectivity index (χ1v) is 13.8. The number of unbranched alkanes of at least 4 members (excludes halogenated alkanes) is 1. The highest BCUT2D eigenvalue weighted by molar-refractivity contribution is 5.66. The van der Waals surface area contributed by atoms with Crippen molar-refractivity contribution in [1.82, 2.24) is 0 Å². The van der Waals surface area contributed by atoms with Crippen molar-refractivity contribution in [3.05, 3.63) is 126 Å². The van der Waals surface area contributed by atoms with E-state index in [9.17, 15) is 18.3 Å². The molecule has 4 rings (SSSR count). The van der Waals surface area contributed by atoms with Gasteiger partial charge in [0, 0.05) is 5.56 Å². The average Bonchev–Trinajstić information content (AvgIpc) is 2.97. The van der Waals surface area contributed by atoms with Gasteiger partial charge in [-0.25, -0.2) is 13.2 Å². The van der Waals surface area contributed by atoms with Crippen LogP contribution in [-0.4, -0.2) is 11.7 Å². The fourth-order valence-electron chi connectivity index (χ4n) is 4.68. The molecule has 208 valence electrons. The van der Waals surface area contributed by atoms with Gasteiger partial charge in [-0.05, 0) is 77.6 Å². The first kappa shape index (κ1) is 29.2. The molecule has 1 unspecified atom stereocenters. The summed E-state index contributed by atoms with van der Waals surface area (Å²) in [5.41, 5.74) is 4.40. The van der Waals surface area contributed by atoms with E-state index in [1.807, 2.05) is 37.3 Å². The molecule has 0 radical (unpaired) electrons. The maximum absolute atomic E-state index is 15.0. The number of allylic oxidation sites excluding steroid dienone is 1. The van der Waals surface area contributed by atoms with Gasteiger partial charge in [-0.2, -0.15) is 0 Å². The van der Waals surface area contributed by atoms with Gasteiger partial charge in [0.25, 0.3) is 0 Å². The van der Waals surface area contributed by atoms with Crippen molar-refractivity contribution in [1.29, 1.82) is 0 Å². The molecule has 0 amide bonds. The van der Waals surface area contributed by atoms with Gasteiger partial charge >= 0.3 is 0 Å². The minimum absolute atomic E-state index is 0.197. The molecule has 0 aliphatic rings. The molecule has 0 spiro atoms. The largest absolute Gasteiger partial charge is 0.491 e. The molecule has 0 heterocycles. The van der Waals surface area contributed by atoms with Crippen molar-refractivity contribution >= 4 is 0 Å². The second kappa shape index (κ2) is 14.0. The Kier molecular flexibility index (Phi) is 10.2. The second-order valence-corrected chi connectivity index (χ2v) is 9.95. The molecular weight excluding hydrogens is 509 g/mol. The second-order valence-electron chi connectivity index (χ2n) is 9.95. The Morgan fingerprint density at radius 2 is 1.52 bits per heavy atom. The minimum atomic E-state index is -0.870. The number of ether oxygens (including phenoxy) is 1. The third-order valence-corrected chi connectivity index (χ3v) is 7.04. The fourth-order valence-corrected chi connectivity index (χ4v) is 4.68. The summed E-state index contributed by atoms with van der Waals surface area (Å²) >= 11 is 0. The summed E-state index contributed by atoms with van der Waals surface area (Å²) in [5.74, 6) is -1.89. The van der Waals surface area contributed by atoms with E-state index < -0.39 is 23.6 Å². The topological polar surface area (TPSA) is 29.5 Å². The van der Waals surface area contributed by atoms with Gasteiger partial charge in [0.1, 0.15) is 0 Å². The molecule has 1 N–H and O–H groups in total. The van der Waals surface area contributed by atoms with E-state index in [2.05, 4.69) is 6.58 Å². The van der Waals surface area contributed by atoms with Crippen LogP contribution in [0.4, 0.5) is 13.2 Å². The third kappa shape index (κ3) is 7.22. The SMILES string of the molecule is C=CCCCOc1ccc(-c2ccc(CCc3ccc(-c4ccc(C(O)CCC)cc4)c(F)c3F)cc2)cc1F. The number of benzene rings is 4. The number of halogens is 3. The minimum Gasteiger partial charge on any atom is -0.491 e. The van der Waals surface area contributed by atoms with Crippen LogP contribution >= 0.6 is 0 Å². The summed E-state index contributed by atoms with van der Waals surface area (Å²) < 4.78 is 50.0. The Morgan fingerprint density at radius 1 is 0.825 bits per heavy atom. The van der Waals surface area contributed by atoms with Gasteiger partial charge in [-0.1, -0.05) is 86.2 Å². The first-order chi connectivity index (χ1) is 19.4. The number of aliphatic hydroxyl groups is 1. The lowest BCUT2D eigenvalue weighted by Gasteiger charge is -2.12. The molecule has 0 fully saturated rings. The van der Waals surface area contributed by atoms with Gasteiger partial charge in [0.05, 0.1) is 12.7 Å². The lowest BCUT2D eigenvalue weighted by molar-refractivity contribution is 0.166. The van der Waals surface area contributed by atoms with Crippen LogP contribution in [0.25, 0.3) is 22.3 Å². The van der Waals surface area contributed by atoms with Crippen LogP contribution in [0.15, 0.2) is 91.5 Å². The molecule has 0 saturated heterocycles. The van der Waals surface area contributed by atoms with Crippen LogP contribution < -0.4 is 4.74 Å². The van der Waals surface area contributed by atoms with E-state index >= 15 is 0 Å². The quantitative estimate of drug-likeness (QED) is 0.134. The van der Waals surface area contributed by atoms with E-state index in [0.717, 1.165) is 41.5 Å². The van der Waals surface area contributed by atoms with Crippen molar-refractivity contribution < 1.29 is 23.0 Å². The van der Waals surface area contributed by atoms with Gasteiger partial charge in [0.15, 0.2) is 23.2 Å². The molecule has 0 bridgehead atoms. The zero-order valence-corrected chi connectivity index (χ0v) is 22.8. The molecule has 0 aromatic heterocycles. The first-order valence-electron chi connectivity index (χ1n) is 13.8. The molecule has 40 heavy (non-hydrogen) atoms. The Bertz CT molecular complexity index is 1410. The number of rotatable bonds is 13. The standard InChI is InChI=1S/C35H35F3O2/c1-3-5-6-22-40-33-21-19-29(23-31(33)36)25-11-8-24(9-12-25)10-13-28-18-20-30(35(38)34(28)37)26-14-16-27(17-15-26)32(39)7-4-2/h3,8-9,11-12,14-21,23,32,39H,1,4-7,10,13,22H2,2H3. The lowest BCUT2D eigenvalue weighted by Crippen LogP contribution is -2.00. The predicted molar refractivity (Wildman–Crippen MR) is 156 cm³/mol. The van der Waals surface area contributed by atoms with E-state index in [1.165, 1.54) is 6.07 Å². The molecule has 2 nitrogen and oxygen atoms in total. The van der Waals surface area contributed by atoms with Crippen molar-refractivity contribution in [3.63, 3.8) is 0 Å². The Morgan fingerprint density at radius 3 is 2.20 bits per heavy atom. The predicted octanol–water partition coefficient (Wildman–Crippen LogP) is 9.40. The highest BCUT2D eigenvalue weighted by atomic mass is 19.2. The number of aryl methyl sites for hydroxylation is 2. The highest BCUT2D eigenvalue weighted by Crippen LogP contribution is 2.30. The van der Waals surface area contributed by atoms with E-state index in [4.69, 9.17) is 4.74 Å². The summed E-state index contributed by atoms with van der Waals surface area (Å²) in [6.45, 7) is 6.10. The van der Waals surface area contributed by atoms with Crippen LogP contribution in [-0.2, 0) is 12.8 Å². The van der Waals surface area contributed by atoms with Crippen LogP contribution in [0.3, 0.4) is 0 Å². The summed E-state index contributed by atoms with van der Waals surface area (Å²) in [6.07, 6.45) is 5.23. The Labute approximate surface area is 234 Å². The van der Waals surface area contributed by atoms with E-state index in [-0.39, 0.29) is 11.3 Å². The molecular formula is C35H35F3O2. The third-order valence-electron chi connectivity index (χ3n) is 7.04. The maximum atomic E-state index is 15.0. The zero-order valence-electron chi connectivity index (χ0n) is 22.8. The fraction of sp³-hybridized carbons (Fsp3) is 0.257. The number of hydrogen-bond acceptors (Lipinski definition) is 2. The summed E-state index contributed by atoms with van der Waals surface area (Å²) in [6, 6.07) is 22.7. The van der Waals surface area contributed by atoms with Gasteiger partial charge in [-0.15, -0.1) is 6.58 Å². The summed E-state index contributed by atoms with van der Waals surface area (Å²) in [4.78, 5) is 0. The Hall–Kier alpha value is -3.83. The Balaban J connectivity index is 1.38. The molecule has 0 saturated carbocycles. The maximum Gasteiger partial charge on any atom is 0.166 e. The average molecular weight is 545 g/mol. The molecule has 0 aliphatic carbocycles. The number of aliphatic hydroxyl groups excluding tert-OH is 1. The van der Waals surface area contributed by atoms with Crippen molar-refractivity contribution in [3.8, 4) is 28.0 Å². The molecule has 4 aromatic carbocycles. The smallest absolute Gasteiger partial charge is 0.166 e. The lowest BCUT2D eigenvalue weighted by atomic mass is 9.96. The normalized spacial score (nSPS) is 11.8. The van der Waals surface area contributed by atoms with Crippen LogP contribution in [0.2, 0.25) is 0 Å². The van der Waals surface area contributed by atoms with Crippen LogP contribution in [0.5, 0.6) is 5.75 Å². The van der Waals surface area contributed by atoms with E-state index in [0.29, 0.717) is 37.0 Å².